The van der Waals surface area contributed by atoms with E-state index in [1.165, 1.54) is 0 Å². The number of aryl methyl sites for hydroxylation is 1. The van der Waals surface area contributed by atoms with Crippen LogP contribution in [0.2, 0.25) is 5.02 Å². The minimum atomic E-state index is -0.327. The second kappa shape index (κ2) is 6.44. The van der Waals surface area contributed by atoms with Crippen LogP contribution in [-0.4, -0.2) is 11.9 Å². The first-order valence-electron chi connectivity index (χ1n) is 6.45. The second-order valence-electron chi connectivity index (χ2n) is 4.68. The van der Waals surface area contributed by atoms with Gasteiger partial charge in [0.25, 0.3) is 0 Å². The summed E-state index contributed by atoms with van der Waals surface area (Å²) in [6.45, 7) is 3.84. The fraction of sp³-hybridized carbons (Fsp3) is 0.188. The number of benzene rings is 2. The zero-order chi connectivity index (χ0) is 14.5. The molecule has 2 rings (SSSR count). The first-order chi connectivity index (χ1) is 9.56. The summed E-state index contributed by atoms with van der Waals surface area (Å²) in [6.07, 6.45) is 0. The first-order valence-corrected chi connectivity index (χ1v) is 6.82. The highest BCUT2D eigenvalue weighted by Crippen LogP contribution is 2.16. The summed E-state index contributed by atoms with van der Waals surface area (Å²) in [7, 11) is 0. The summed E-state index contributed by atoms with van der Waals surface area (Å²) in [6, 6.07) is 14.6. The van der Waals surface area contributed by atoms with Crippen molar-refractivity contribution in [3.8, 4) is 0 Å². The standard InChI is InChI=1S/C16H17ClN2O/c1-11-5-3-4-6-15(11)18-12(2)16(20)19-14-9-7-13(17)8-10-14/h3-10,12,18H,1-2H3,(H,19,20). The van der Waals surface area contributed by atoms with E-state index < -0.39 is 0 Å². The predicted octanol–water partition coefficient (Wildman–Crippen LogP) is 4.09. The minimum absolute atomic E-state index is 0.0874. The number of anilines is 2. The van der Waals surface area contributed by atoms with Crippen molar-refractivity contribution in [3.63, 3.8) is 0 Å². The topological polar surface area (TPSA) is 41.1 Å². The smallest absolute Gasteiger partial charge is 0.246 e. The number of halogens is 1. The Morgan fingerprint density at radius 2 is 1.75 bits per heavy atom. The number of para-hydroxylation sites is 1. The molecule has 0 saturated carbocycles. The summed E-state index contributed by atoms with van der Waals surface area (Å²) in [4.78, 5) is 12.1. The maximum atomic E-state index is 12.1. The number of nitrogens with one attached hydrogen (secondary N) is 2. The average molecular weight is 289 g/mol. The van der Waals surface area contributed by atoms with Crippen LogP contribution in [0.4, 0.5) is 11.4 Å². The SMILES string of the molecule is Cc1ccccc1NC(C)C(=O)Nc1ccc(Cl)cc1. The Hall–Kier alpha value is -2.00. The van der Waals surface area contributed by atoms with Crippen LogP contribution in [0.1, 0.15) is 12.5 Å². The molecule has 0 bridgehead atoms. The lowest BCUT2D eigenvalue weighted by Gasteiger charge is -2.16. The van der Waals surface area contributed by atoms with E-state index in [1.807, 2.05) is 38.1 Å². The zero-order valence-corrected chi connectivity index (χ0v) is 12.2. The van der Waals surface area contributed by atoms with Gasteiger partial charge in [0.1, 0.15) is 6.04 Å². The molecular weight excluding hydrogens is 272 g/mol. The molecule has 0 aromatic heterocycles. The van der Waals surface area contributed by atoms with Crippen LogP contribution in [-0.2, 0) is 4.79 Å². The van der Waals surface area contributed by atoms with Gasteiger partial charge in [-0.25, -0.2) is 0 Å². The zero-order valence-electron chi connectivity index (χ0n) is 11.5. The molecule has 0 spiro atoms. The predicted molar refractivity (Wildman–Crippen MR) is 84.3 cm³/mol. The molecular formula is C16H17ClN2O. The van der Waals surface area contributed by atoms with Gasteiger partial charge in [-0.15, -0.1) is 0 Å². The van der Waals surface area contributed by atoms with Crippen molar-refractivity contribution in [2.24, 2.45) is 0 Å². The Morgan fingerprint density at radius 1 is 1.10 bits per heavy atom. The molecule has 2 aromatic carbocycles. The normalized spacial score (nSPS) is 11.8. The minimum Gasteiger partial charge on any atom is -0.374 e. The Kier molecular flexibility index (Phi) is 4.64. The van der Waals surface area contributed by atoms with Gasteiger partial charge in [-0.2, -0.15) is 0 Å². The van der Waals surface area contributed by atoms with Crippen LogP contribution < -0.4 is 10.6 Å². The monoisotopic (exact) mass is 288 g/mol. The van der Waals surface area contributed by atoms with Crippen molar-refractivity contribution < 1.29 is 4.79 Å². The molecule has 1 unspecified atom stereocenters. The molecule has 0 aliphatic carbocycles. The number of carbonyl (C=O) groups is 1. The fourth-order valence-corrected chi connectivity index (χ4v) is 1.94. The van der Waals surface area contributed by atoms with Gasteiger partial charge in [-0.3, -0.25) is 4.79 Å². The van der Waals surface area contributed by atoms with Gasteiger partial charge in [0.2, 0.25) is 5.91 Å². The van der Waals surface area contributed by atoms with E-state index in [-0.39, 0.29) is 11.9 Å². The Bertz CT molecular complexity index is 596. The lowest BCUT2D eigenvalue weighted by atomic mass is 10.2. The van der Waals surface area contributed by atoms with Gasteiger partial charge in [0, 0.05) is 16.4 Å². The highest BCUT2D eigenvalue weighted by atomic mass is 35.5. The number of carbonyl (C=O) groups excluding carboxylic acids is 1. The Labute approximate surface area is 124 Å². The van der Waals surface area contributed by atoms with E-state index in [4.69, 9.17) is 11.6 Å². The van der Waals surface area contributed by atoms with Gasteiger partial charge in [-0.1, -0.05) is 29.8 Å². The van der Waals surface area contributed by atoms with Gasteiger partial charge in [-0.05, 0) is 49.7 Å². The summed E-state index contributed by atoms with van der Waals surface area (Å²) in [5.41, 5.74) is 2.81. The Morgan fingerprint density at radius 3 is 2.40 bits per heavy atom. The van der Waals surface area contributed by atoms with Crippen LogP contribution in [0, 0.1) is 6.92 Å². The fourth-order valence-electron chi connectivity index (χ4n) is 1.82. The second-order valence-corrected chi connectivity index (χ2v) is 5.11. The molecule has 2 N–H and O–H groups in total. The third kappa shape index (κ3) is 3.75. The van der Waals surface area contributed by atoms with E-state index in [0.29, 0.717) is 5.02 Å². The molecule has 2 aromatic rings. The third-order valence-electron chi connectivity index (χ3n) is 3.02. The van der Waals surface area contributed by atoms with E-state index in [2.05, 4.69) is 10.6 Å². The molecule has 20 heavy (non-hydrogen) atoms. The molecule has 104 valence electrons. The van der Waals surface area contributed by atoms with Gasteiger partial charge in [0.05, 0.1) is 0 Å². The maximum Gasteiger partial charge on any atom is 0.246 e. The molecule has 0 saturated heterocycles. The summed E-state index contributed by atoms with van der Waals surface area (Å²) in [5, 5.41) is 6.70. The van der Waals surface area contributed by atoms with E-state index in [9.17, 15) is 4.79 Å². The van der Waals surface area contributed by atoms with Gasteiger partial charge in [0.15, 0.2) is 0 Å². The van der Waals surface area contributed by atoms with E-state index in [1.54, 1.807) is 24.3 Å². The van der Waals surface area contributed by atoms with E-state index >= 15 is 0 Å². The molecule has 0 aliphatic heterocycles. The van der Waals surface area contributed by atoms with Crippen LogP contribution >= 0.6 is 11.6 Å². The number of hydrogen-bond acceptors (Lipinski definition) is 2. The lowest BCUT2D eigenvalue weighted by molar-refractivity contribution is -0.116. The third-order valence-corrected chi connectivity index (χ3v) is 3.27. The molecule has 0 heterocycles. The summed E-state index contributed by atoms with van der Waals surface area (Å²) in [5.74, 6) is -0.0874. The van der Waals surface area contributed by atoms with Crippen molar-refractivity contribution in [1.82, 2.24) is 0 Å². The highest BCUT2D eigenvalue weighted by molar-refractivity contribution is 6.30. The van der Waals surface area contributed by atoms with Crippen molar-refractivity contribution >= 4 is 28.9 Å². The number of hydrogen-bond donors (Lipinski definition) is 2. The number of amides is 1. The van der Waals surface area contributed by atoms with E-state index in [0.717, 1.165) is 16.9 Å². The van der Waals surface area contributed by atoms with Crippen LogP contribution in [0.3, 0.4) is 0 Å². The molecule has 0 aliphatic rings. The molecule has 1 atom stereocenters. The van der Waals surface area contributed by atoms with Crippen molar-refractivity contribution in [2.75, 3.05) is 10.6 Å². The van der Waals surface area contributed by atoms with Crippen molar-refractivity contribution in [2.45, 2.75) is 19.9 Å². The molecule has 0 radical (unpaired) electrons. The molecule has 4 heteroatoms. The quantitative estimate of drug-likeness (QED) is 0.890. The molecule has 3 nitrogen and oxygen atoms in total. The molecule has 0 fully saturated rings. The highest BCUT2D eigenvalue weighted by Gasteiger charge is 2.13. The van der Waals surface area contributed by atoms with Crippen LogP contribution in [0.5, 0.6) is 0 Å². The Balaban J connectivity index is 1.99. The lowest BCUT2D eigenvalue weighted by Crippen LogP contribution is -2.32. The van der Waals surface area contributed by atoms with Crippen molar-refractivity contribution in [1.29, 1.82) is 0 Å². The summed E-state index contributed by atoms with van der Waals surface area (Å²) >= 11 is 5.81. The van der Waals surface area contributed by atoms with Crippen LogP contribution in [0.25, 0.3) is 0 Å². The van der Waals surface area contributed by atoms with Gasteiger partial charge < -0.3 is 10.6 Å². The van der Waals surface area contributed by atoms with Crippen LogP contribution in [0.15, 0.2) is 48.5 Å². The largest absolute Gasteiger partial charge is 0.374 e. The summed E-state index contributed by atoms with van der Waals surface area (Å²) < 4.78 is 0. The van der Waals surface area contributed by atoms with Crippen molar-refractivity contribution in [3.05, 3.63) is 59.1 Å². The maximum absolute atomic E-state index is 12.1. The molecule has 1 amide bonds. The first kappa shape index (κ1) is 14.4. The number of rotatable bonds is 4. The van der Waals surface area contributed by atoms with Gasteiger partial charge >= 0.3 is 0 Å². The average Bonchev–Trinajstić information content (AvgIpc) is 2.44.